The van der Waals surface area contributed by atoms with Crippen LogP contribution in [-0.4, -0.2) is 22.7 Å². The van der Waals surface area contributed by atoms with E-state index in [4.69, 9.17) is 0 Å². The molecule has 15 heavy (non-hydrogen) atoms. The summed E-state index contributed by atoms with van der Waals surface area (Å²) in [6.07, 6.45) is 0. The summed E-state index contributed by atoms with van der Waals surface area (Å²) in [5.41, 5.74) is 2.45. The van der Waals surface area contributed by atoms with Crippen molar-refractivity contribution in [2.45, 2.75) is 20.4 Å². The van der Waals surface area contributed by atoms with E-state index in [2.05, 4.69) is 35.0 Å². The zero-order valence-corrected chi connectivity index (χ0v) is 10.8. The average Bonchev–Trinajstić information content (AvgIpc) is 2.27. The first kappa shape index (κ1) is 12.2. The van der Waals surface area contributed by atoms with Crippen LogP contribution >= 0.6 is 15.9 Å². The third kappa shape index (κ3) is 3.34. The number of halogens is 1. The maximum absolute atomic E-state index is 11.5. The molecule has 1 aromatic rings. The van der Waals surface area contributed by atoms with Crippen LogP contribution in [0.25, 0.3) is 0 Å². The molecule has 1 rings (SSSR count). The standard InChI is InChI=1S/C12H16BrNO/c1-3-14(12(15)8-13)9-11-7-5-4-6-10(11)2/h4-7H,3,8-9H2,1-2H3. The first-order chi connectivity index (χ1) is 7.19. The van der Waals surface area contributed by atoms with Crippen LogP contribution in [0.1, 0.15) is 18.1 Å². The lowest BCUT2D eigenvalue weighted by Gasteiger charge is -2.20. The third-order valence-corrected chi connectivity index (χ3v) is 2.95. The number of alkyl halides is 1. The molecule has 0 saturated carbocycles. The van der Waals surface area contributed by atoms with Crippen molar-refractivity contribution in [1.82, 2.24) is 4.90 Å². The van der Waals surface area contributed by atoms with Gasteiger partial charge in [0.25, 0.3) is 0 Å². The second kappa shape index (κ2) is 5.91. The van der Waals surface area contributed by atoms with E-state index >= 15 is 0 Å². The summed E-state index contributed by atoms with van der Waals surface area (Å²) >= 11 is 3.20. The second-order valence-electron chi connectivity index (χ2n) is 3.47. The summed E-state index contributed by atoms with van der Waals surface area (Å²) in [5, 5.41) is 0.396. The molecule has 2 nitrogen and oxygen atoms in total. The third-order valence-electron chi connectivity index (χ3n) is 2.47. The highest BCUT2D eigenvalue weighted by molar-refractivity contribution is 9.09. The molecule has 0 radical (unpaired) electrons. The molecule has 0 saturated heterocycles. The molecule has 0 aliphatic carbocycles. The highest BCUT2D eigenvalue weighted by Gasteiger charge is 2.10. The smallest absolute Gasteiger partial charge is 0.233 e. The van der Waals surface area contributed by atoms with Crippen molar-refractivity contribution in [3.05, 3.63) is 35.4 Å². The first-order valence-corrected chi connectivity index (χ1v) is 6.19. The van der Waals surface area contributed by atoms with Crippen LogP contribution < -0.4 is 0 Å². The van der Waals surface area contributed by atoms with Crippen molar-refractivity contribution < 1.29 is 4.79 Å². The van der Waals surface area contributed by atoms with Gasteiger partial charge >= 0.3 is 0 Å². The summed E-state index contributed by atoms with van der Waals surface area (Å²) in [7, 11) is 0. The predicted molar refractivity (Wildman–Crippen MR) is 66.1 cm³/mol. The van der Waals surface area contributed by atoms with Gasteiger partial charge in [0, 0.05) is 13.1 Å². The van der Waals surface area contributed by atoms with Crippen molar-refractivity contribution in [2.75, 3.05) is 11.9 Å². The number of amides is 1. The highest BCUT2D eigenvalue weighted by atomic mass is 79.9. The molecule has 0 atom stereocenters. The van der Waals surface area contributed by atoms with E-state index in [9.17, 15) is 4.79 Å². The zero-order chi connectivity index (χ0) is 11.3. The van der Waals surface area contributed by atoms with Gasteiger partial charge in [-0.3, -0.25) is 4.79 Å². The monoisotopic (exact) mass is 269 g/mol. The Morgan fingerprint density at radius 2 is 2.07 bits per heavy atom. The number of aryl methyl sites for hydroxylation is 1. The molecule has 0 spiro atoms. The Balaban J connectivity index is 2.75. The molecular weight excluding hydrogens is 254 g/mol. The van der Waals surface area contributed by atoms with Gasteiger partial charge in [-0.1, -0.05) is 40.2 Å². The quantitative estimate of drug-likeness (QED) is 0.770. The van der Waals surface area contributed by atoms with Crippen molar-refractivity contribution >= 4 is 21.8 Å². The predicted octanol–water partition coefficient (Wildman–Crippen LogP) is 2.74. The molecule has 1 aromatic carbocycles. The number of hydrogen-bond donors (Lipinski definition) is 0. The Labute approximate surface area is 99.4 Å². The van der Waals surface area contributed by atoms with Crippen LogP contribution in [0.5, 0.6) is 0 Å². The second-order valence-corrected chi connectivity index (χ2v) is 4.03. The largest absolute Gasteiger partial charge is 0.338 e. The number of hydrogen-bond acceptors (Lipinski definition) is 1. The molecule has 0 unspecified atom stereocenters. The van der Waals surface area contributed by atoms with E-state index in [1.54, 1.807) is 0 Å². The minimum atomic E-state index is 0.140. The zero-order valence-electron chi connectivity index (χ0n) is 9.16. The topological polar surface area (TPSA) is 20.3 Å². The maximum atomic E-state index is 11.5. The molecule has 3 heteroatoms. The minimum Gasteiger partial charge on any atom is -0.338 e. The van der Waals surface area contributed by atoms with Crippen molar-refractivity contribution in [1.29, 1.82) is 0 Å². The summed E-state index contributed by atoms with van der Waals surface area (Å²) in [4.78, 5) is 13.4. The Bertz CT molecular complexity index is 338. The molecule has 0 aliphatic heterocycles. The number of carbonyl (C=O) groups excluding carboxylic acids is 1. The van der Waals surface area contributed by atoms with Gasteiger partial charge in [-0.15, -0.1) is 0 Å². The number of nitrogens with zero attached hydrogens (tertiary/aromatic N) is 1. The van der Waals surface area contributed by atoms with Gasteiger partial charge in [-0.05, 0) is 25.0 Å². The number of benzene rings is 1. The van der Waals surface area contributed by atoms with Crippen LogP contribution in [0.4, 0.5) is 0 Å². The molecule has 0 bridgehead atoms. The van der Waals surface area contributed by atoms with Crippen LogP contribution in [0.15, 0.2) is 24.3 Å². The summed E-state index contributed by atoms with van der Waals surface area (Å²) in [6.45, 7) is 5.52. The van der Waals surface area contributed by atoms with Crippen molar-refractivity contribution in [2.24, 2.45) is 0 Å². The molecule has 0 N–H and O–H groups in total. The first-order valence-electron chi connectivity index (χ1n) is 5.07. The van der Waals surface area contributed by atoms with Gasteiger partial charge in [-0.25, -0.2) is 0 Å². The van der Waals surface area contributed by atoms with Gasteiger partial charge < -0.3 is 4.90 Å². The summed E-state index contributed by atoms with van der Waals surface area (Å²) < 4.78 is 0. The van der Waals surface area contributed by atoms with E-state index < -0.39 is 0 Å². The van der Waals surface area contributed by atoms with E-state index in [1.165, 1.54) is 11.1 Å². The van der Waals surface area contributed by atoms with E-state index in [-0.39, 0.29) is 5.91 Å². The van der Waals surface area contributed by atoms with Gasteiger partial charge in [-0.2, -0.15) is 0 Å². The number of carbonyl (C=O) groups is 1. The Morgan fingerprint density at radius 3 is 2.60 bits per heavy atom. The Hall–Kier alpha value is -0.830. The molecular formula is C12H16BrNO. The van der Waals surface area contributed by atoms with Crippen LogP contribution in [-0.2, 0) is 11.3 Å². The summed E-state index contributed by atoms with van der Waals surface area (Å²) in [6, 6.07) is 8.16. The lowest BCUT2D eigenvalue weighted by atomic mass is 10.1. The van der Waals surface area contributed by atoms with Gasteiger partial charge in [0.1, 0.15) is 0 Å². The molecule has 1 amide bonds. The molecule has 0 aromatic heterocycles. The van der Waals surface area contributed by atoms with E-state index in [0.717, 1.165) is 6.54 Å². The maximum Gasteiger partial charge on any atom is 0.233 e. The fourth-order valence-corrected chi connectivity index (χ4v) is 1.81. The van der Waals surface area contributed by atoms with Gasteiger partial charge in [0.15, 0.2) is 0 Å². The highest BCUT2D eigenvalue weighted by Crippen LogP contribution is 2.10. The van der Waals surface area contributed by atoms with Crippen LogP contribution in [0, 0.1) is 6.92 Å². The molecule has 0 heterocycles. The fraction of sp³-hybridized carbons (Fsp3) is 0.417. The van der Waals surface area contributed by atoms with E-state index in [0.29, 0.717) is 11.9 Å². The normalized spacial score (nSPS) is 10.1. The molecule has 82 valence electrons. The van der Waals surface area contributed by atoms with Crippen LogP contribution in [0.3, 0.4) is 0 Å². The lowest BCUT2D eigenvalue weighted by molar-refractivity contribution is -0.128. The minimum absolute atomic E-state index is 0.140. The fourth-order valence-electron chi connectivity index (χ4n) is 1.45. The average molecular weight is 270 g/mol. The lowest BCUT2D eigenvalue weighted by Crippen LogP contribution is -2.31. The van der Waals surface area contributed by atoms with E-state index in [1.807, 2.05) is 24.0 Å². The molecule has 0 aliphatic rings. The van der Waals surface area contributed by atoms with Crippen molar-refractivity contribution in [3.63, 3.8) is 0 Å². The van der Waals surface area contributed by atoms with Crippen molar-refractivity contribution in [3.8, 4) is 0 Å². The summed E-state index contributed by atoms with van der Waals surface area (Å²) in [5.74, 6) is 0.140. The number of rotatable bonds is 4. The van der Waals surface area contributed by atoms with Crippen LogP contribution in [0.2, 0.25) is 0 Å². The van der Waals surface area contributed by atoms with Gasteiger partial charge in [0.2, 0.25) is 5.91 Å². The Morgan fingerprint density at radius 1 is 1.40 bits per heavy atom. The Kier molecular flexibility index (Phi) is 4.82. The van der Waals surface area contributed by atoms with Gasteiger partial charge in [0.05, 0.1) is 5.33 Å². The SMILES string of the molecule is CCN(Cc1ccccc1C)C(=O)CBr. The molecule has 0 fully saturated rings.